The zero-order chi connectivity index (χ0) is 32.8. The number of carbonyl (C=O) groups is 3. The van der Waals surface area contributed by atoms with Crippen molar-refractivity contribution in [3.8, 4) is 10.6 Å². The molecule has 2 aliphatic rings. The van der Waals surface area contributed by atoms with Gasteiger partial charge in [-0.1, -0.05) is 66.9 Å². The fraction of sp³-hybridized carbons (Fsp3) is 0.419. The molecule has 2 amide bonds. The van der Waals surface area contributed by atoms with Crippen LogP contribution in [-0.4, -0.2) is 65.2 Å². The summed E-state index contributed by atoms with van der Waals surface area (Å²) in [6, 6.07) is 4.79. The molecule has 240 valence electrons. The molecule has 2 atom stereocenters. The summed E-state index contributed by atoms with van der Waals surface area (Å²) in [5.74, 6) is -0.695. The summed E-state index contributed by atoms with van der Waals surface area (Å²) in [5, 5.41) is 16.6. The Kier molecular flexibility index (Phi) is 9.77. The second-order valence-corrected chi connectivity index (χ2v) is 15.2. The highest BCUT2D eigenvalue weighted by Crippen LogP contribution is 2.46. The molecule has 2 aliphatic heterocycles. The standard InChI is InChI=1S/C31H33Cl3N4O5S2/c1-6-43-28(40)15(2)24(31(3,4)5)23-19(33)9-17(10-20(23)34)26(39)36-29-35-25(22-11-18(32)14-44-22)27(45-29)37-12-16-7-8-38(30(41)42)21(16)13-37/h9-11,14,16,21H,6-8,12-13H2,1-5H3,(H,41,42)(H,35,36,39)/b24-15-/t16-,21+/m0/s1. The molecule has 1 aromatic carbocycles. The van der Waals surface area contributed by atoms with Crippen LogP contribution in [0, 0.1) is 11.3 Å². The lowest BCUT2D eigenvalue weighted by atomic mass is 9.79. The van der Waals surface area contributed by atoms with Gasteiger partial charge in [0.1, 0.15) is 10.7 Å². The number of carbonyl (C=O) groups excluding carboxylic acids is 2. The van der Waals surface area contributed by atoms with Crippen LogP contribution >= 0.6 is 57.5 Å². The largest absolute Gasteiger partial charge is 0.465 e. The number of anilines is 2. The van der Waals surface area contributed by atoms with E-state index in [0.717, 1.165) is 16.3 Å². The van der Waals surface area contributed by atoms with Crippen molar-refractivity contribution in [2.75, 3.05) is 36.5 Å². The zero-order valence-corrected chi connectivity index (χ0v) is 29.3. The van der Waals surface area contributed by atoms with Crippen LogP contribution in [0.3, 0.4) is 0 Å². The minimum Gasteiger partial charge on any atom is -0.465 e. The molecular formula is C31H33Cl3N4O5S2. The molecule has 2 N–H and O–H groups in total. The first kappa shape index (κ1) is 33.5. The van der Waals surface area contributed by atoms with Crippen LogP contribution in [0.2, 0.25) is 15.1 Å². The van der Waals surface area contributed by atoms with E-state index in [0.29, 0.717) is 52.2 Å². The Morgan fingerprint density at radius 1 is 1.13 bits per heavy atom. The summed E-state index contributed by atoms with van der Waals surface area (Å²) in [5.41, 5.74) is 1.87. The summed E-state index contributed by atoms with van der Waals surface area (Å²) < 4.78 is 5.24. The van der Waals surface area contributed by atoms with Gasteiger partial charge in [-0.2, -0.15) is 0 Å². The molecule has 5 rings (SSSR count). The minimum atomic E-state index is -0.906. The van der Waals surface area contributed by atoms with Crippen molar-refractivity contribution in [2.24, 2.45) is 11.3 Å². The molecule has 0 saturated carbocycles. The molecule has 14 heteroatoms. The maximum atomic E-state index is 13.5. The van der Waals surface area contributed by atoms with Gasteiger partial charge in [-0.05, 0) is 49.5 Å². The number of allylic oxidation sites excluding steroid dienone is 1. The number of ether oxygens (including phenoxy) is 1. The maximum absolute atomic E-state index is 13.5. The molecule has 2 aromatic heterocycles. The lowest BCUT2D eigenvalue weighted by Gasteiger charge is -2.27. The molecule has 0 radical (unpaired) electrons. The number of hydrogen-bond donors (Lipinski definition) is 2. The molecule has 2 fully saturated rings. The normalized spacial score (nSPS) is 18.6. The zero-order valence-electron chi connectivity index (χ0n) is 25.4. The molecule has 3 aromatic rings. The smallest absolute Gasteiger partial charge is 0.407 e. The number of hydrogen-bond acceptors (Lipinski definition) is 8. The quantitative estimate of drug-likeness (QED) is 0.186. The SMILES string of the molecule is CCOC(=O)/C(C)=C(/c1c(Cl)cc(C(=O)Nc2nc(-c3cc(Cl)cs3)c(N3C[C@@H]4CCN(C(=O)O)[C@@H]4C3)s2)cc1Cl)C(C)(C)C. The van der Waals surface area contributed by atoms with Crippen LogP contribution in [-0.2, 0) is 9.53 Å². The molecule has 0 bridgehead atoms. The summed E-state index contributed by atoms with van der Waals surface area (Å²) in [6.07, 6.45) is -0.102. The predicted molar refractivity (Wildman–Crippen MR) is 182 cm³/mol. The van der Waals surface area contributed by atoms with Crippen molar-refractivity contribution in [3.05, 3.63) is 55.3 Å². The number of amides is 2. The number of likely N-dealkylation sites (tertiary alicyclic amines) is 1. The number of esters is 1. The van der Waals surface area contributed by atoms with E-state index in [1.807, 2.05) is 32.2 Å². The van der Waals surface area contributed by atoms with Crippen LogP contribution in [0.5, 0.6) is 0 Å². The number of aromatic nitrogens is 1. The number of rotatable bonds is 7. The van der Waals surface area contributed by atoms with Gasteiger partial charge < -0.3 is 19.6 Å². The van der Waals surface area contributed by atoms with E-state index in [2.05, 4.69) is 10.2 Å². The van der Waals surface area contributed by atoms with E-state index in [4.69, 9.17) is 44.5 Å². The summed E-state index contributed by atoms with van der Waals surface area (Å²) in [6.45, 7) is 11.3. The molecule has 9 nitrogen and oxygen atoms in total. The first-order chi connectivity index (χ1) is 21.2. The topological polar surface area (TPSA) is 112 Å². The lowest BCUT2D eigenvalue weighted by molar-refractivity contribution is -0.138. The molecule has 4 heterocycles. The summed E-state index contributed by atoms with van der Waals surface area (Å²) in [7, 11) is 0. The van der Waals surface area contributed by atoms with Gasteiger partial charge in [-0.3, -0.25) is 10.1 Å². The number of thiazole rings is 1. The van der Waals surface area contributed by atoms with Gasteiger partial charge in [0.15, 0.2) is 5.13 Å². The van der Waals surface area contributed by atoms with Gasteiger partial charge in [0.2, 0.25) is 0 Å². The van der Waals surface area contributed by atoms with E-state index < -0.39 is 23.4 Å². The third-order valence-electron chi connectivity index (χ3n) is 7.97. The summed E-state index contributed by atoms with van der Waals surface area (Å²) >= 11 is 22.5. The molecule has 45 heavy (non-hydrogen) atoms. The van der Waals surface area contributed by atoms with E-state index >= 15 is 0 Å². The summed E-state index contributed by atoms with van der Waals surface area (Å²) in [4.78, 5) is 47.3. The Hall–Kier alpha value is -2.83. The van der Waals surface area contributed by atoms with Gasteiger partial charge in [-0.15, -0.1) is 11.3 Å². The Balaban J connectivity index is 1.45. The Labute approximate surface area is 284 Å². The van der Waals surface area contributed by atoms with Crippen molar-refractivity contribution in [1.82, 2.24) is 9.88 Å². The van der Waals surface area contributed by atoms with Crippen molar-refractivity contribution in [2.45, 2.75) is 47.1 Å². The lowest BCUT2D eigenvalue weighted by Crippen LogP contribution is -2.38. The number of fused-ring (bicyclic) bond motifs is 1. The second-order valence-electron chi connectivity index (χ2n) is 12.0. The fourth-order valence-electron chi connectivity index (χ4n) is 6.12. The molecular weight excluding hydrogens is 679 g/mol. The molecule has 0 aliphatic carbocycles. The highest BCUT2D eigenvalue weighted by Gasteiger charge is 2.44. The predicted octanol–water partition coefficient (Wildman–Crippen LogP) is 8.66. The second kappa shape index (κ2) is 13.1. The van der Waals surface area contributed by atoms with E-state index in [1.165, 1.54) is 39.7 Å². The number of nitrogens with zero attached hydrogens (tertiary/aromatic N) is 3. The van der Waals surface area contributed by atoms with Crippen molar-refractivity contribution >= 4 is 91.2 Å². The Morgan fingerprint density at radius 2 is 1.82 bits per heavy atom. The van der Waals surface area contributed by atoms with Gasteiger partial charge in [0.05, 0.1) is 32.6 Å². The number of nitrogens with one attached hydrogen (secondary N) is 1. The number of carboxylic acid groups (broad SMARTS) is 1. The van der Waals surface area contributed by atoms with Crippen LogP contribution in [0.4, 0.5) is 14.9 Å². The third kappa shape index (κ3) is 6.83. The Bertz CT molecular complexity index is 1670. The van der Waals surface area contributed by atoms with Gasteiger partial charge in [-0.25, -0.2) is 14.6 Å². The monoisotopic (exact) mass is 710 g/mol. The average molecular weight is 712 g/mol. The third-order valence-corrected chi connectivity index (χ3v) is 10.9. The van der Waals surface area contributed by atoms with Gasteiger partial charge >= 0.3 is 12.1 Å². The van der Waals surface area contributed by atoms with Gasteiger partial charge in [0, 0.05) is 47.6 Å². The fourth-order valence-corrected chi connectivity index (χ4v) is 8.92. The first-order valence-corrected chi connectivity index (χ1v) is 17.2. The van der Waals surface area contributed by atoms with Crippen LogP contribution in [0.1, 0.15) is 57.0 Å². The van der Waals surface area contributed by atoms with Crippen LogP contribution in [0.15, 0.2) is 29.2 Å². The highest BCUT2D eigenvalue weighted by atomic mass is 35.5. The van der Waals surface area contributed by atoms with E-state index in [9.17, 15) is 19.5 Å². The van der Waals surface area contributed by atoms with Crippen molar-refractivity contribution in [3.63, 3.8) is 0 Å². The van der Waals surface area contributed by atoms with Crippen molar-refractivity contribution in [1.29, 1.82) is 0 Å². The van der Waals surface area contributed by atoms with Crippen LogP contribution < -0.4 is 10.2 Å². The van der Waals surface area contributed by atoms with E-state index in [1.54, 1.807) is 13.8 Å². The molecule has 0 spiro atoms. The first-order valence-electron chi connectivity index (χ1n) is 14.4. The average Bonchev–Trinajstić information content (AvgIpc) is 3.73. The van der Waals surface area contributed by atoms with Crippen molar-refractivity contribution < 1.29 is 24.2 Å². The number of thiophene rings is 1. The minimum absolute atomic E-state index is 0.0929. The maximum Gasteiger partial charge on any atom is 0.407 e. The number of benzene rings is 1. The van der Waals surface area contributed by atoms with E-state index in [-0.39, 0.29) is 34.2 Å². The molecule has 2 saturated heterocycles. The van der Waals surface area contributed by atoms with Crippen LogP contribution in [0.25, 0.3) is 16.1 Å². The van der Waals surface area contributed by atoms with Gasteiger partial charge in [0.25, 0.3) is 5.91 Å². The number of halogens is 3. The molecule has 0 unspecified atom stereocenters. The Morgan fingerprint density at radius 3 is 2.40 bits per heavy atom. The highest BCUT2D eigenvalue weighted by molar-refractivity contribution is 7.21.